The van der Waals surface area contributed by atoms with Gasteiger partial charge in [0.1, 0.15) is 0 Å². The first-order valence-corrected chi connectivity index (χ1v) is 29.8. The van der Waals surface area contributed by atoms with E-state index in [0.29, 0.717) is 0 Å². The van der Waals surface area contributed by atoms with Crippen LogP contribution in [0.5, 0.6) is 0 Å². The van der Waals surface area contributed by atoms with Crippen molar-refractivity contribution < 1.29 is 0 Å². The number of terminal acetylenes is 2. The minimum Gasteiger partial charge on any atom is -0.120 e. The summed E-state index contributed by atoms with van der Waals surface area (Å²) in [5.41, 5.74) is 8.29. The molecular weight excluding hydrogens is 1030 g/mol. The second-order valence-corrected chi connectivity index (χ2v) is 17.5. The van der Waals surface area contributed by atoms with Gasteiger partial charge in [0.25, 0.3) is 0 Å². The van der Waals surface area contributed by atoms with Gasteiger partial charge in [-0.2, -0.15) is 0 Å². The fraction of sp³-hybridized carbons (Fsp3) is 0.442. The van der Waals surface area contributed by atoms with Gasteiger partial charge in [0.2, 0.25) is 0 Å². The van der Waals surface area contributed by atoms with Gasteiger partial charge in [0, 0.05) is 38.5 Å². The van der Waals surface area contributed by atoms with Crippen LogP contribution >= 0.6 is 0 Å². The summed E-state index contributed by atoms with van der Waals surface area (Å²) in [6.07, 6.45) is 66.6. The number of hydrogen-bond donors (Lipinski definition) is 0. The first kappa shape index (κ1) is 113. The normalized spacial score (nSPS) is 9.19. The van der Waals surface area contributed by atoms with E-state index in [1.165, 1.54) is 33.4 Å². The number of allylic oxidation sites excluding steroid dienone is 29. The van der Waals surface area contributed by atoms with E-state index in [-0.39, 0.29) is 14.9 Å². The summed E-state index contributed by atoms with van der Waals surface area (Å²) in [7, 11) is 0. The zero-order valence-electron chi connectivity index (χ0n) is 59.4. The molecule has 0 aromatic heterocycles. The highest BCUT2D eigenvalue weighted by molar-refractivity contribution is 5.24. The minimum absolute atomic E-state index is 0. The Bertz CT molecular complexity index is 2090. The molecule has 0 amide bonds. The molecule has 0 nitrogen and oxygen atoms in total. The first-order chi connectivity index (χ1) is 40.0. The van der Waals surface area contributed by atoms with Crippen molar-refractivity contribution in [2.45, 2.75) is 258 Å². The average Bonchev–Trinajstić information content (AvgIpc) is 3.46. The molecule has 0 aliphatic carbocycles. The van der Waals surface area contributed by atoms with Crippen LogP contribution in [0.4, 0.5) is 0 Å². The van der Waals surface area contributed by atoms with Crippen LogP contribution in [0.3, 0.4) is 0 Å². The monoisotopic (exact) mass is 1170 g/mol. The van der Waals surface area contributed by atoms with Gasteiger partial charge in [-0.25, -0.2) is 0 Å². The van der Waals surface area contributed by atoms with Crippen LogP contribution in [0.2, 0.25) is 0 Å². The van der Waals surface area contributed by atoms with E-state index in [1.54, 1.807) is 6.92 Å². The van der Waals surface area contributed by atoms with E-state index in [2.05, 4.69) is 189 Å². The summed E-state index contributed by atoms with van der Waals surface area (Å²) in [6.45, 7) is 66.6. The molecule has 0 spiro atoms. The molecule has 482 valence electrons. The SMILES string of the molecule is C.C.C#CC/C(C)=C/C.C#CC/C(C)=C\C.C/C=C/C#CCC.C/C=C/C/C=C/C.C/C=C\C#CCC.C/C=C\C/C=C/C.C/C=C\C/C=C\C.C=C(C)C#CCC.C=C(C)C/C=C/C.C=C(C)C/C=C\C.C=C(C)CC(=C)C.CC#CC#CCC. The van der Waals surface area contributed by atoms with Gasteiger partial charge in [-0.3, -0.25) is 0 Å². The maximum atomic E-state index is 5.01. The first-order valence-electron chi connectivity index (χ1n) is 29.8. The third kappa shape index (κ3) is 241. The van der Waals surface area contributed by atoms with Crippen molar-refractivity contribution in [2.24, 2.45) is 0 Å². The zero-order chi connectivity index (χ0) is 67.6. The van der Waals surface area contributed by atoms with Crippen LogP contribution < -0.4 is 0 Å². The van der Waals surface area contributed by atoms with Crippen LogP contribution in [-0.2, 0) is 0 Å². The van der Waals surface area contributed by atoms with Gasteiger partial charge in [0.15, 0.2) is 0 Å². The molecule has 0 atom stereocenters. The van der Waals surface area contributed by atoms with Crippen LogP contribution in [0, 0.1) is 83.9 Å². The summed E-state index contributed by atoms with van der Waals surface area (Å²) < 4.78 is 0. The standard InChI is InChI=1S/3C7H12.3C7H10.3C7H12.2C7H10.C7H8.2CH4/c1-6(2)5-7(3)4;3*1-4-5-6-7(2)3;2*1-4-6-7(3)5-2;6*1-3-5-7-6-4-2;;/h1,3,5H2,2,4H3;2*4-5H,2,6H2,1,3H3;2,4H2,1,3H3;2*1,5H,6H2,2-3H3;3*3-6H,7H2,1-2H3;2*3,5H,4H2,1-2H3;3H2,1-2H3;2*1H4/b;5-4+;5-4-;;7-5+;7-5-;5-3+,6-4+;5-3-,6-4+;5-3-,6-4-;5-3+;5-3-;;;. The van der Waals surface area contributed by atoms with E-state index in [0.717, 1.165) is 82.6 Å². The Balaban J connectivity index is -0.0000000547. The Morgan fingerprint density at radius 2 is 0.651 bits per heavy atom. The van der Waals surface area contributed by atoms with Gasteiger partial charge >= 0.3 is 0 Å². The van der Waals surface area contributed by atoms with Crippen LogP contribution in [0.15, 0.2) is 206 Å². The molecule has 0 saturated carbocycles. The number of rotatable bonds is 14. The van der Waals surface area contributed by atoms with Crippen molar-refractivity contribution in [2.75, 3.05) is 0 Å². The van der Waals surface area contributed by atoms with Gasteiger partial charge in [0.05, 0.1) is 0 Å². The Morgan fingerprint density at radius 1 is 0.372 bits per heavy atom. The Kier molecular flexibility index (Phi) is 169. The summed E-state index contributed by atoms with van der Waals surface area (Å²) in [5.74, 6) is 33.2. The summed E-state index contributed by atoms with van der Waals surface area (Å²) in [6, 6.07) is 0. The van der Waals surface area contributed by atoms with Crippen LogP contribution in [-0.4, -0.2) is 0 Å². The van der Waals surface area contributed by atoms with E-state index >= 15 is 0 Å². The molecule has 0 fully saturated rings. The lowest BCUT2D eigenvalue weighted by Crippen LogP contribution is -1.72. The van der Waals surface area contributed by atoms with Crippen molar-refractivity contribution in [3.8, 4) is 83.9 Å². The molecule has 0 N–H and O–H groups in total. The predicted molar refractivity (Wildman–Crippen MR) is 415 cm³/mol. The summed E-state index contributed by atoms with van der Waals surface area (Å²) in [5, 5.41) is 0. The van der Waals surface area contributed by atoms with Crippen molar-refractivity contribution in [3.05, 3.63) is 206 Å². The van der Waals surface area contributed by atoms with E-state index in [1.807, 2.05) is 208 Å². The van der Waals surface area contributed by atoms with E-state index < -0.39 is 0 Å². The lowest BCUT2D eigenvalue weighted by molar-refractivity contribution is 1.13. The Hall–Kier alpha value is -7.50. The third-order valence-corrected chi connectivity index (χ3v) is 7.97. The molecule has 0 rings (SSSR count). The molecule has 0 saturated heterocycles. The molecule has 86 heavy (non-hydrogen) atoms. The smallest absolute Gasteiger partial charge is 0.0293 e. The number of hydrogen-bond acceptors (Lipinski definition) is 0. The third-order valence-electron chi connectivity index (χ3n) is 7.97. The topological polar surface area (TPSA) is 0 Å². The molecule has 0 aliphatic heterocycles. The lowest BCUT2D eigenvalue weighted by Gasteiger charge is -1.93. The van der Waals surface area contributed by atoms with Crippen molar-refractivity contribution in [3.63, 3.8) is 0 Å². The molecule has 0 radical (unpaired) electrons. The highest BCUT2D eigenvalue weighted by Gasteiger charge is 1.82. The van der Waals surface area contributed by atoms with Crippen molar-refractivity contribution in [1.29, 1.82) is 0 Å². The van der Waals surface area contributed by atoms with Gasteiger partial charge in [-0.1, -0.05) is 278 Å². The predicted octanol–water partition coefficient (Wildman–Crippen LogP) is 27.7. The second-order valence-electron chi connectivity index (χ2n) is 17.5. The fourth-order valence-electron chi connectivity index (χ4n) is 3.65. The van der Waals surface area contributed by atoms with Gasteiger partial charge in [-0.05, 0) is 207 Å². The highest BCUT2D eigenvalue weighted by Crippen LogP contribution is 2.03. The minimum atomic E-state index is 0. The molecule has 0 aromatic rings. The van der Waals surface area contributed by atoms with Crippen molar-refractivity contribution in [1.82, 2.24) is 0 Å². The molecule has 0 heteroatoms. The summed E-state index contributed by atoms with van der Waals surface area (Å²) in [4.78, 5) is 0. The van der Waals surface area contributed by atoms with Crippen molar-refractivity contribution >= 4 is 0 Å². The van der Waals surface area contributed by atoms with E-state index in [9.17, 15) is 0 Å². The highest BCUT2D eigenvalue weighted by atomic mass is 13.9. The van der Waals surface area contributed by atoms with Crippen LogP contribution in [0.25, 0.3) is 0 Å². The Morgan fingerprint density at radius 3 is 0.779 bits per heavy atom. The lowest BCUT2D eigenvalue weighted by atomic mass is 10.1. The largest absolute Gasteiger partial charge is 0.120 e. The molecule has 0 aliphatic rings. The van der Waals surface area contributed by atoms with Gasteiger partial charge in [-0.15, -0.1) is 24.7 Å². The molecule has 0 unspecified atom stereocenters. The van der Waals surface area contributed by atoms with Gasteiger partial charge < -0.3 is 0 Å². The molecular formula is C86H138. The van der Waals surface area contributed by atoms with Crippen LogP contribution in [0.1, 0.15) is 258 Å². The molecule has 0 aromatic carbocycles. The summed E-state index contributed by atoms with van der Waals surface area (Å²) >= 11 is 0. The quantitative estimate of drug-likeness (QED) is 0.120. The Labute approximate surface area is 544 Å². The zero-order valence-corrected chi connectivity index (χ0v) is 59.4. The maximum Gasteiger partial charge on any atom is 0.0293 e. The fourth-order valence-corrected chi connectivity index (χ4v) is 3.65. The second kappa shape index (κ2) is 128. The molecule has 0 bridgehead atoms. The maximum absolute atomic E-state index is 5.01. The molecule has 0 heterocycles. The van der Waals surface area contributed by atoms with E-state index in [4.69, 9.17) is 12.8 Å². The average molecular weight is 1170 g/mol.